The van der Waals surface area contributed by atoms with Crippen LogP contribution in [0.15, 0.2) is 12.1 Å². The number of halogens is 2. The lowest BCUT2D eigenvalue weighted by atomic mass is 10.1. The van der Waals surface area contributed by atoms with Crippen molar-refractivity contribution in [1.29, 1.82) is 0 Å². The highest BCUT2D eigenvalue weighted by Crippen LogP contribution is 2.12. The van der Waals surface area contributed by atoms with Gasteiger partial charge in [-0.05, 0) is 11.6 Å². The van der Waals surface area contributed by atoms with E-state index in [9.17, 15) is 4.79 Å². The fourth-order valence-electron chi connectivity index (χ4n) is 1.67. The van der Waals surface area contributed by atoms with Crippen LogP contribution in [0.4, 0.5) is 0 Å². The van der Waals surface area contributed by atoms with Gasteiger partial charge < -0.3 is 15.3 Å². The van der Waals surface area contributed by atoms with Gasteiger partial charge in [0.25, 0.3) is 0 Å². The summed E-state index contributed by atoms with van der Waals surface area (Å²) in [6, 6.07) is 3.53. The van der Waals surface area contributed by atoms with Crippen LogP contribution < -0.4 is 10.8 Å². The molecule has 0 aliphatic carbocycles. The van der Waals surface area contributed by atoms with Gasteiger partial charge in [-0.1, -0.05) is 6.07 Å². The molecular weight excluding hydrogens is 293 g/mol. The van der Waals surface area contributed by atoms with Crippen molar-refractivity contribution in [3.8, 4) is 0 Å². The van der Waals surface area contributed by atoms with Gasteiger partial charge in [-0.2, -0.15) is 5.48 Å². The lowest BCUT2D eigenvalue weighted by Crippen LogP contribution is -2.27. The smallest absolute Gasteiger partial charge is 0.375 e. The zero-order chi connectivity index (χ0) is 12.1. The molecule has 8 heteroatoms. The van der Waals surface area contributed by atoms with Crippen molar-refractivity contribution in [3.05, 3.63) is 29.1 Å². The van der Waals surface area contributed by atoms with E-state index in [0.717, 1.165) is 30.8 Å². The van der Waals surface area contributed by atoms with Crippen LogP contribution >= 0.6 is 24.8 Å². The fourth-order valence-corrected chi connectivity index (χ4v) is 1.67. The third kappa shape index (κ3) is 4.93. The predicted octanol–water partition coefficient (Wildman–Crippen LogP) is 0.225. The maximum absolute atomic E-state index is 11.6. The van der Waals surface area contributed by atoms with E-state index in [4.69, 9.17) is 9.94 Å². The summed E-state index contributed by atoms with van der Waals surface area (Å²) in [6.07, 6.45) is 0.820. The average Bonchev–Trinajstić information content (AvgIpc) is 2.38. The zero-order valence-electron chi connectivity index (χ0n) is 10.2. The lowest BCUT2D eigenvalue weighted by molar-refractivity contribution is 0.0216. The molecule has 0 aromatic carbocycles. The minimum absolute atomic E-state index is 0. The van der Waals surface area contributed by atoms with Gasteiger partial charge >= 0.3 is 5.97 Å². The van der Waals surface area contributed by atoms with Crippen molar-refractivity contribution < 1.29 is 14.7 Å². The van der Waals surface area contributed by atoms with Crippen LogP contribution in [0.3, 0.4) is 0 Å². The quantitative estimate of drug-likeness (QED) is 0.545. The second-order valence-electron chi connectivity index (χ2n) is 3.74. The largest absolute Gasteiger partial charge is 0.395 e. The summed E-state index contributed by atoms with van der Waals surface area (Å²) in [5, 5.41) is 11.8. The molecule has 108 valence electrons. The molecule has 0 spiro atoms. The van der Waals surface area contributed by atoms with Gasteiger partial charge in [0.05, 0.1) is 13.2 Å². The standard InChI is InChI=1S/C11H15N3O3.2ClH/c15-6-5-13-17-11(16)10-2-1-8-7-12-4-3-9(8)14-10;;/h1-2,12-13,15H,3-7H2;2*1H. The summed E-state index contributed by atoms with van der Waals surface area (Å²) in [5.74, 6) is -0.528. The van der Waals surface area contributed by atoms with Crippen LogP contribution in [0, 0.1) is 0 Å². The Bertz CT molecular complexity index is 418. The molecule has 6 nitrogen and oxygen atoms in total. The van der Waals surface area contributed by atoms with Crippen molar-refractivity contribution in [2.45, 2.75) is 13.0 Å². The summed E-state index contributed by atoms with van der Waals surface area (Å²) in [5.41, 5.74) is 4.72. The van der Waals surface area contributed by atoms with E-state index >= 15 is 0 Å². The van der Waals surface area contributed by atoms with E-state index in [0.29, 0.717) is 0 Å². The maximum atomic E-state index is 11.6. The molecule has 0 bridgehead atoms. The number of carbonyl (C=O) groups excluding carboxylic acids is 1. The Labute approximate surface area is 123 Å². The van der Waals surface area contributed by atoms with E-state index in [2.05, 4.69) is 15.8 Å². The number of aliphatic hydroxyl groups is 1. The first-order valence-electron chi connectivity index (χ1n) is 5.55. The number of hydrogen-bond donors (Lipinski definition) is 3. The Morgan fingerprint density at radius 3 is 3.00 bits per heavy atom. The molecule has 0 fully saturated rings. The summed E-state index contributed by atoms with van der Waals surface area (Å²) >= 11 is 0. The Hall–Kier alpha value is -0.920. The lowest BCUT2D eigenvalue weighted by Gasteiger charge is -2.16. The molecule has 19 heavy (non-hydrogen) atoms. The van der Waals surface area contributed by atoms with Gasteiger partial charge in [-0.15, -0.1) is 24.8 Å². The summed E-state index contributed by atoms with van der Waals surface area (Å²) in [7, 11) is 0. The van der Waals surface area contributed by atoms with Crippen LogP contribution in [0.5, 0.6) is 0 Å². The second kappa shape index (κ2) is 9.06. The Kier molecular flexibility index (Phi) is 8.62. The van der Waals surface area contributed by atoms with Gasteiger partial charge in [-0.25, -0.2) is 9.78 Å². The molecule has 1 aliphatic heterocycles. The molecule has 1 aliphatic rings. The monoisotopic (exact) mass is 309 g/mol. The third-order valence-electron chi connectivity index (χ3n) is 2.51. The van der Waals surface area contributed by atoms with Gasteiger partial charge in [0.2, 0.25) is 0 Å². The number of nitrogens with zero attached hydrogens (tertiary/aromatic N) is 1. The first kappa shape index (κ1) is 18.1. The molecule has 0 atom stereocenters. The van der Waals surface area contributed by atoms with E-state index in [1.165, 1.54) is 0 Å². The maximum Gasteiger partial charge on any atom is 0.375 e. The van der Waals surface area contributed by atoms with Crippen molar-refractivity contribution >= 4 is 30.8 Å². The minimum Gasteiger partial charge on any atom is -0.395 e. The number of pyridine rings is 1. The van der Waals surface area contributed by atoms with Crippen molar-refractivity contribution in [2.75, 3.05) is 19.7 Å². The molecule has 0 saturated carbocycles. The van der Waals surface area contributed by atoms with Crippen LogP contribution in [0.2, 0.25) is 0 Å². The number of nitrogens with one attached hydrogen (secondary N) is 2. The van der Waals surface area contributed by atoms with Crippen LogP contribution in [-0.4, -0.2) is 35.8 Å². The van der Waals surface area contributed by atoms with Crippen LogP contribution in [0.1, 0.15) is 21.7 Å². The van der Waals surface area contributed by atoms with Gasteiger partial charge in [0, 0.05) is 25.2 Å². The molecule has 0 radical (unpaired) electrons. The minimum atomic E-state index is -0.528. The highest BCUT2D eigenvalue weighted by atomic mass is 35.5. The molecule has 2 rings (SSSR count). The van der Waals surface area contributed by atoms with Crippen molar-refractivity contribution in [1.82, 2.24) is 15.8 Å². The molecule has 0 unspecified atom stereocenters. The SMILES string of the molecule is Cl.Cl.O=C(ONCCO)c1ccc2c(n1)CCNC2. The Balaban J connectivity index is 0.00000162. The first-order chi connectivity index (χ1) is 8.31. The van der Waals surface area contributed by atoms with Gasteiger partial charge in [-0.3, -0.25) is 0 Å². The molecule has 3 N–H and O–H groups in total. The van der Waals surface area contributed by atoms with E-state index in [1.54, 1.807) is 6.07 Å². The highest BCUT2D eigenvalue weighted by molar-refractivity contribution is 5.87. The van der Waals surface area contributed by atoms with Crippen molar-refractivity contribution in [3.63, 3.8) is 0 Å². The topological polar surface area (TPSA) is 83.5 Å². The number of hydrogen-bond acceptors (Lipinski definition) is 6. The number of aliphatic hydroxyl groups excluding tert-OH is 1. The molecule has 1 aromatic rings. The average molecular weight is 310 g/mol. The second-order valence-corrected chi connectivity index (χ2v) is 3.74. The summed E-state index contributed by atoms with van der Waals surface area (Å²) < 4.78 is 0. The van der Waals surface area contributed by atoms with E-state index < -0.39 is 5.97 Å². The van der Waals surface area contributed by atoms with Crippen molar-refractivity contribution in [2.24, 2.45) is 0 Å². The molecule has 1 aromatic heterocycles. The number of carbonyl (C=O) groups is 1. The molecule has 0 saturated heterocycles. The number of fused-ring (bicyclic) bond motifs is 1. The highest BCUT2D eigenvalue weighted by Gasteiger charge is 2.15. The number of rotatable bonds is 4. The molecule has 2 heterocycles. The zero-order valence-corrected chi connectivity index (χ0v) is 11.9. The molecular formula is C11H17Cl2N3O3. The Morgan fingerprint density at radius 2 is 2.26 bits per heavy atom. The first-order valence-corrected chi connectivity index (χ1v) is 5.55. The van der Waals surface area contributed by atoms with Crippen LogP contribution in [0.25, 0.3) is 0 Å². The normalized spacial score (nSPS) is 12.7. The number of aromatic nitrogens is 1. The summed E-state index contributed by atoms with van der Waals surface area (Å²) in [6.45, 7) is 1.79. The van der Waals surface area contributed by atoms with Gasteiger partial charge in [0.1, 0.15) is 5.69 Å². The predicted molar refractivity (Wildman–Crippen MR) is 74.6 cm³/mol. The fraction of sp³-hybridized carbons (Fsp3) is 0.455. The van der Waals surface area contributed by atoms with E-state index in [1.807, 2.05) is 6.07 Å². The summed E-state index contributed by atoms with van der Waals surface area (Å²) in [4.78, 5) is 20.6. The van der Waals surface area contributed by atoms with Gasteiger partial charge in [0.15, 0.2) is 0 Å². The number of hydroxylamine groups is 1. The molecule has 0 amide bonds. The Morgan fingerprint density at radius 1 is 1.47 bits per heavy atom. The van der Waals surface area contributed by atoms with E-state index in [-0.39, 0.29) is 43.7 Å². The third-order valence-corrected chi connectivity index (χ3v) is 2.51. The van der Waals surface area contributed by atoms with Crippen LogP contribution in [-0.2, 0) is 17.8 Å².